The van der Waals surface area contributed by atoms with Crippen LogP contribution in [-0.2, 0) is 0 Å². The number of nitrogens with one attached hydrogen (secondary N) is 2. The van der Waals surface area contributed by atoms with Crippen LogP contribution in [0.25, 0.3) is 11.0 Å². The van der Waals surface area contributed by atoms with Gasteiger partial charge in [0.1, 0.15) is 11.2 Å². The van der Waals surface area contributed by atoms with Gasteiger partial charge in [-0.15, -0.1) is 0 Å². The first-order valence-corrected chi connectivity index (χ1v) is 8.00. The lowest BCUT2D eigenvalue weighted by Gasteiger charge is -2.16. The quantitative estimate of drug-likeness (QED) is 0.782. The topological polar surface area (TPSA) is 96.2 Å². The molecule has 7 nitrogen and oxygen atoms in total. The second-order valence-electron chi connectivity index (χ2n) is 6.34. The highest BCUT2D eigenvalue weighted by atomic mass is 19.1. The summed E-state index contributed by atoms with van der Waals surface area (Å²) in [6.45, 7) is 1.59. The molecule has 1 saturated heterocycles. The zero-order chi connectivity index (χ0) is 16.8. The second-order valence-corrected chi connectivity index (χ2v) is 6.34. The van der Waals surface area contributed by atoms with Crippen LogP contribution in [0.1, 0.15) is 35.7 Å². The molecule has 0 radical (unpaired) electrons. The number of rotatable bonds is 4. The average molecular weight is 332 g/mol. The van der Waals surface area contributed by atoms with Crippen molar-refractivity contribution >= 4 is 22.8 Å². The number of aromatic carboxylic acids is 1. The van der Waals surface area contributed by atoms with Crippen LogP contribution in [0.5, 0.6) is 0 Å². The van der Waals surface area contributed by atoms with Crippen molar-refractivity contribution in [1.82, 2.24) is 14.9 Å². The molecule has 4 rings (SSSR count). The molecule has 24 heavy (non-hydrogen) atoms. The van der Waals surface area contributed by atoms with Gasteiger partial charge in [0.05, 0.1) is 5.39 Å². The van der Waals surface area contributed by atoms with Crippen molar-refractivity contribution < 1.29 is 14.3 Å². The summed E-state index contributed by atoms with van der Waals surface area (Å²) in [6.07, 6.45) is 3.99. The number of carbonyl (C=O) groups is 1. The van der Waals surface area contributed by atoms with Crippen LogP contribution < -0.4 is 16.1 Å². The summed E-state index contributed by atoms with van der Waals surface area (Å²) in [6, 6.07) is 1.30. The Bertz CT molecular complexity index is 885. The Labute approximate surface area is 136 Å². The van der Waals surface area contributed by atoms with Crippen molar-refractivity contribution in [2.75, 3.05) is 18.4 Å². The summed E-state index contributed by atoms with van der Waals surface area (Å²) in [5, 5.41) is 15.5. The van der Waals surface area contributed by atoms with Gasteiger partial charge in [0.25, 0.3) is 0 Å². The van der Waals surface area contributed by atoms with E-state index in [4.69, 9.17) is 0 Å². The Morgan fingerprint density at radius 1 is 1.42 bits per heavy atom. The zero-order valence-corrected chi connectivity index (χ0v) is 12.9. The number of halogens is 1. The minimum atomic E-state index is -1.31. The Kier molecular flexibility index (Phi) is 3.49. The third-order valence-corrected chi connectivity index (χ3v) is 4.53. The first-order chi connectivity index (χ1) is 11.5. The number of nitrogens with zero attached hydrogens (tertiary/aromatic N) is 2. The smallest absolute Gasteiger partial charge is 0.341 e. The van der Waals surface area contributed by atoms with E-state index >= 15 is 0 Å². The molecule has 1 aliphatic carbocycles. The summed E-state index contributed by atoms with van der Waals surface area (Å²) in [7, 11) is 0. The molecule has 2 aromatic heterocycles. The number of hydrogen-bond acceptors (Lipinski definition) is 5. The number of aromatic nitrogens is 2. The standard InChI is InChI=1S/C16H17FN4O3/c17-12-5-10-13(22)11(16(23)24)7-21(9-1-2-9)15(10)20-14(12)19-8-3-4-18-6-8/h5,7-9,18H,1-4,6H2,(H,19,20)(H,23,24). The van der Waals surface area contributed by atoms with Crippen LogP contribution in [0.4, 0.5) is 10.2 Å². The molecule has 0 amide bonds. The van der Waals surface area contributed by atoms with E-state index in [0.29, 0.717) is 5.65 Å². The normalized spacial score (nSPS) is 20.5. The molecule has 2 aliphatic rings. The molecule has 2 fully saturated rings. The monoisotopic (exact) mass is 332 g/mol. The summed E-state index contributed by atoms with van der Waals surface area (Å²) in [5.41, 5.74) is -0.714. The van der Waals surface area contributed by atoms with Crippen LogP contribution in [0, 0.1) is 5.82 Å². The van der Waals surface area contributed by atoms with Crippen LogP contribution >= 0.6 is 0 Å². The maximum atomic E-state index is 14.4. The predicted octanol–water partition coefficient (Wildman–Crippen LogP) is 1.34. The Hall–Kier alpha value is -2.48. The summed E-state index contributed by atoms with van der Waals surface area (Å²) in [4.78, 5) is 28.0. The van der Waals surface area contributed by atoms with Gasteiger partial charge in [-0.05, 0) is 31.9 Å². The van der Waals surface area contributed by atoms with Crippen LogP contribution in [-0.4, -0.2) is 39.8 Å². The van der Waals surface area contributed by atoms with Crippen LogP contribution in [0.2, 0.25) is 0 Å². The highest BCUT2D eigenvalue weighted by Crippen LogP contribution is 2.37. The van der Waals surface area contributed by atoms with Crippen molar-refractivity contribution in [2.45, 2.75) is 31.3 Å². The van der Waals surface area contributed by atoms with Gasteiger partial charge in [-0.25, -0.2) is 14.2 Å². The molecule has 0 bridgehead atoms. The number of anilines is 1. The molecule has 3 heterocycles. The van der Waals surface area contributed by atoms with E-state index < -0.39 is 17.2 Å². The minimum absolute atomic E-state index is 0.00870. The number of carboxylic acid groups (broad SMARTS) is 1. The van der Waals surface area contributed by atoms with Gasteiger partial charge in [-0.2, -0.15) is 0 Å². The number of pyridine rings is 2. The third-order valence-electron chi connectivity index (χ3n) is 4.53. The van der Waals surface area contributed by atoms with Crippen LogP contribution in [0.3, 0.4) is 0 Å². The van der Waals surface area contributed by atoms with Gasteiger partial charge in [0.15, 0.2) is 11.6 Å². The molecule has 0 spiro atoms. The molecule has 126 valence electrons. The minimum Gasteiger partial charge on any atom is -0.477 e. The maximum Gasteiger partial charge on any atom is 0.341 e. The largest absolute Gasteiger partial charge is 0.477 e. The van der Waals surface area contributed by atoms with E-state index in [2.05, 4.69) is 15.6 Å². The number of fused-ring (bicyclic) bond motifs is 1. The highest BCUT2D eigenvalue weighted by Gasteiger charge is 2.28. The third kappa shape index (κ3) is 2.52. The van der Waals surface area contributed by atoms with Gasteiger partial charge in [0.2, 0.25) is 5.43 Å². The molecular formula is C16H17FN4O3. The fourth-order valence-corrected chi connectivity index (χ4v) is 3.10. The van der Waals surface area contributed by atoms with E-state index in [1.807, 2.05) is 0 Å². The lowest BCUT2D eigenvalue weighted by molar-refractivity contribution is 0.0695. The van der Waals surface area contributed by atoms with Crippen molar-refractivity contribution in [2.24, 2.45) is 0 Å². The Balaban J connectivity index is 1.88. The lowest BCUT2D eigenvalue weighted by atomic mass is 10.2. The van der Waals surface area contributed by atoms with E-state index in [1.165, 1.54) is 6.20 Å². The van der Waals surface area contributed by atoms with Crippen LogP contribution in [0.15, 0.2) is 17.1 Å². The summed E-state index contributed by atoms with van der Waals surface area (Å²) in [5.74, 6) is -1.85. The lowest BCUT2D eigenvalue weighted by Crippen LogP contribution is -2.24. The molecule has 8 heteroatoms. The van der Waals surface area contributed by atoms with Gasteiger partial charge in [-0.3, -0.25) is 4.79 Å². The van der Waals surface area contributed by atoms with Crippen molar-refractivity contribution in [1.29, 1.82) is 0 Å². The predicted molar refractivity (Wildman–Crippen MR) is 86.1 cm³/mol. The molecule has 2 aromatic rings. The first-order valence-electron chi connectivity index (χ1n) is 8.00. The fraction of sp³-hybridized carbons (Fsp3) is 0.438. The molecule has 1 atom stereocenters. The van der Waals surface area contributed by atoms with Gasteiger partial charge >= 0.3 is 5.97 Å². The SMILES string of the molecule is O=C(O)c1cn(C2CC2)c2nc(NC3CCNC3)c(F)cc2c1=O. The van der Waals surface area contributed by atoms with E-state index in [0.717, 1.165) is 38.4 Å². The van der Waals surface area contributed by atoms with E-state index in [1.54, 1.807) is 4.57 Å². The Morgan fingerprint density at radius 3 is 2.83 bits per heavy atom. The number of hydrogen-bond donors (Lipinski definition) is 3. The maximum absolute atomic E-state index is 14.4. The molecule has 3 N–H and O–H groups in total. The summed E-state index contributed by atoms with van der Waals surface area (Å²) < 4.78 is 16.1. The van der Waals surface area contributed by atoms with Gasteiger partial charge in [-0.1, -0.05) is 0 Å². The van der Waals surface area contributed by atoms with Crippen molar-refractivity contribution in [3.63, 3.8) is 0 Å². The van der Waals surface area contributed by atoms with E-state index in [-0.39, 0.29) is 28.9 Å². The average Bonchev–Trinajstić information content (AvgIpc) is 3.26. The summed E-state index contributed by atoms with van der Waals surface area (Å²) >= 11 is 0. The van der Waals surface area contributed by atoms with Crippen molar-refractivity contribution in [3.05, 3.63) is 33.9 Å². The fourth-order valence-electron chi connectivity index (χ4n) is 3.10. The Morgan fingerprint density at radius 2 is 2.21 bits per heavy atom. The number of carboxylic acids is 1. The molecule has 0 aromatic carbocycles. The molecule has 1 unspecified atom stereocenters. The molecule has 1 aliphatic heterocycles. The first kappa shape index (κ1) is 15.1. The molecular weight excluding hydrogens is 315 g/mol. The van der Waals surface area contributed by atoms with Crippen molar-refractivity contribution in [3.8, 4) is 0 Å². The van der Waals surface area contributed by atoms with E-state index in [9.17, 15) is 19.1 Å². The second kappa shape index (κ2) is 5.55. The highest BCUT2D eigenvalue weighted by molar-refractivity contribution is 5.92. The van der Waals surface area contributed by atoms with Gasteiger partial charge in [0, 0.05) is 24.8 Å². The zero-order valence-electron chi connectivity index (χ0n) is 12.9. The molecule has 1 saturated carbocycles. The van der Waals surface area contributed by atoms with Gasteiger partial charge < -0.3 is 20.3 Å².